The van der Waals surface area contributed by atoms with Gasteiger partial charge in [-0.05, 0) is 27.7 Å². The normalized spacial score (nSPS) is 12.9. The first-order valence-electron chi connectivity index (χ1n) is 8.23. The lowest BCUT2D eigenvalue weighted by Crippen LogP contribution is -2.48. The molecule has 2 N–H and O–H groups in total. The molecule has 1 aromatic rings. The van der Waals surface area contributed by atoms with E-state index in [1.807, 2.05) is 27.7 Å². The molecule has 0 spiro atoms. The van der Waals surface area contributed by atoms with Crippen molar-refractivity contribution in [2.24, 2.45) is 12.0 Å². The second-order valence-corrected chi connectivity index (χ2v) is 7.00. The van der Waals surface area contributed by atoms with E-state index < -0.39 is 11.9 Å². The molecule has 1 aromatic heterocycles. The van der Waals surface area contributed by atoms with Crippen LogP contribution < -0.4 is 10.6 Å². The van der Waals surface area contributed by atoms with Crippen LogP contribution in [0.15, 0.2) is 11.2 Å². The van der Waals surface area contributed by atoms with Gasteiger partial charge in [-0.15, -0.1) is 0 Å². The Kier molecular flexibility index (Phi) is 7.05. The van der Waals surface area contributed by atoms with Crippen molar-refractivity contribution < 1.29 is 18.0 Å². The maximum absolute atomic E-state index is 13.0. The van der Waals surface area contributed by atoms with E-state index in [9.17, 15) is 18.0 Å². The summed E-state index contributed by atoms with van der Waals surface area (Å²) in [5, 5.41) is 9.26. The Hall–Kier alpha value is -2.26. The molecule has 0 unspecified atom stereocenters. The molecule has 1 heterocycles. The van der Waals surface area contributed by atoms with Gasteiger partial charge in [0.05, 0.1) is 13.1 Å². The molecule has 0 atom stereocenters. The van der Waals surface area contributed by atoms with Crippen LogP contribution >= 0.6 is 0 Å². The van der Waals surface area contributed by atoms with Gasteiger partial charge in [0.2, 0.25) is 5.91 Å². The number of hydrogen-bond donors (Lipinski definition) is 2. The Morgan fingerprint density at radius 2 is 1.96 bits per heavy atom. The number of carbonyl (C=O) groups is 1. The topological polar surface area (TPSA) is 74.5 Å². The lowest BCUT2D eigenvalue weighted by atomic mass is 10.1. The number of hydrogen-bond acceptors (Lipinski definition) is 3. The number of nitrogens with zero attached hydrogens (tertiary/aromatic N) is 4. The van der Waals surface area contributed by atoms with Gasteiger partial charge < -0.3 is 15.5 Å². The molecule has 0 aliphatic heterocycles. The Bertz CT molecular complexity index is 645. The average molecular weight is 376 g/mol. The number of rotatable bonds is 5. The molecule has 148 valence electrons. The van der Waals surface area contributed by atoms with E-state index in [2.05, 4.69) is 20.7 Å². The summed E-state index contributed by atoms with van der Waals surface area (Å²) in [5.74, 6) is 0.136. The molecule has 1 rings (SSSR count). The van der Waals surface area contributed by atoms with Gasteiger partial charge in [-0.3, -0.25) is 9.48 Å². The molecule has 0 aromatic carbocycles. The molecule has 0 bridgehead atoms. The number of aromatic nitrogens is 2. The van der Waals surface area contributed by atoms with Crippen molar-refractivity contribution in [3.05, 3.63) is 17.5 Å². The van der Waals surface area contributed by atoms with Gasteiger partial charge in [0.15, 0.2) is 11.7 Å². The highest BCUT2D eigenvalue weighted by Crippen LogP contribution is 2.30. The summed E-state index contributed by atoms with van der Waals surface area (Å²) in [4.78, 5) is 17.8. The largest absolute Gasteiger partial charge is 0.435 e. The molecule has 0 saturated heterocycles. The second kappa shape index (κ2) is 8.41. The van der Waals surface area contributed by atoms with Crippen molar-refractivity contribution in [3.8, 4) is 0 Å². The molecule has 0 saturated carbocycles. The quantitative estimate of drug-likeness (QED) is 0.607. The molecule has 0 aliphatic carbocycles. The predicted molar refractivity (Wildman–Crippen MR) is 93.6 cm³/mol. The van der Waals surface area contributed by atoms with Crippen LogP contribution in [0.5, 0.6) is 0 Å². The maximum Gasteiger partial charge on any atom is 0.435 e. The van der Waals surface area contributed by atoms with E-state index in [0.29, 0.717) is 12.5 Å². The van der Waals surface area contributed by atoms with Gasteiger partial charge in [-0.2, -0.15) is 18.3 Å². The van der Waals surface area contributed by atoms with Gasteiger partial charge in [0.1, 0.15) is 0 Å². The number of aliphatic imine (C=N–C) groups is 1. The van der Waals surface area contributed by atoms with Gasteiger partial charge in [0.25, 0.3) is 0 Å². The third kappa shape index (κ3) is 6.93. The highest BCUT2D eigenvalue weighted by Gasteiger charge is 2.36. The van der Waals surface area contributed by atoms with Crippen molar-refractivity contribution in [1.82, 2.24) is 25.3 Å². The van der Waals surface area contributed by atoms with Gasteiger partial charge in [0, 0.05) is 37.9 Å². The Morgan fingerprint density at radius 1 is 1.35 bits per heavy atom. The third-order valence-electron chi connectivity index (χ3n) is 3.16. The van der Waals surface area contributed by atoms with Crippen molar-refractivity contribution in [2.45, 2.75) is 46.0 Å². The molecule has 0 fully saturated rings. The fourth-order valence-electron chi connectivity index (χ4n) is 2.27. The standard InChI is InChI=1S/C16H27F3N6O/c1-7-20-14(24(5)10-12(26)22-15(2,3)4)21-8-11-9-25(6)23-13(11)16(17,18)19/h9H,7-8,10H2,1-6H3,(H,20,21)(H,22,26). The van der Waals surface area contributed by atoms with Crippen molar-refractivity contribution in [1.29, 1.82) is 0 Å². The first-order chi connectivity index (χ1) is 11.8. The number of aryl methyl sites for hydroxylation is 1. The molecule has 7 nitrogen and oxygen atoms in total. The van der Waals surface area contributed by atoms with Crippen LogP contribution in [0.3, 0.4) is 0 Å². The summed E-state index contributed by atoms with van der Waals surface area (Å²) in [6.45, 7) is 7.79. The number of guanidine groups is 1. The molecular weight excluding hydrogens is 349 g/mol. The minimum Gasteiger partial charge on any atom is -0.357 e. The number of nitrogens with one attached hydrogen (secondary N) is 2. The summed E-state index contributed by atoms with van der Waals surface area (Å²) in [6.07, 6.45) is -3.24. The molecule has 0 aliphatic rings. The van der Waals surface area contributed by atoms with Crippen LogP contribution in [0.2, 0.25) is 0 Å². The summed E-state index contributed by atoms with van der Waals surface area (Å²) < 4.78 is 40.2. The number of carbonyl (C=O) groups excluding carboxylic acids is 1. The van der Waals surface area contributed by atoms with Gasteiger partial charge >= 0.3 is 6.18 Å². The number of halogens is 3. The van der Waals surface area contributed by atoms with Crippen molar-refractivity contribution >= 4 is 11.9 Å². The molecule has 1 amide bonds. The van der Waals surface area contributed by atoms with Crippen LogP contribution in [0, 0.1) is 0 Å². The minimum atomic E-state index is -4.54. The van der Waals surface area contributed by atoms with Crippen molar-refractivity contribution in [2.75, 3.05) is 20.1 Å². The highest BCUT2D eigenvalue weighted by molar-refractivity contribution is 5.86. The Labute approximate surface area is 151 Å². The fraction of sp³-hybridized carbons (Fsp3) is 0.688. The summed E-state index contributed by atoms with van der Waals surface area (Å²) in [5.41, 5.74) is -1.35. The second-order valence-electron chi connectivity index (χ2n) is 7.00. The first kappa shape index (κ1) is 21.8. The van der Waals surface area contributed by atoms with Crippen LogP contribution in [-0.4, -0.2) is 52.2 Å². The molecule has 10 heteroatoms. The zero-order valence-electron chi connectivity index (χ0n) is 16.0. The van der Waals surface area contributed by atoms with E-state index in [4.69, 9.17) is 0 Å². The smallest absolute Gasteiger partial charge is 0.357 e. The van der Waals surface area contributed by atoms with Crippen LogP contribution in [0.25, 0.3) is 0 Å². The maximum atomic E-state index is 13.0. The Morgan fingerprint density at radius 3 is 2.46 bits per heavy atom. The van der Waals surface area contributed by atoms with E-state index in [0.717, 1.165) is 4.68 Å². The van der Waals surface area contributed by atoms with E-state index >= 15 is 0 Å². The third-order valence-corrected chi connectivity index (χ3v) is 3.16. The van der Waals surface area contributed by atoms with Gasteiger partial charge in [-0.25, -0.2) is 4.99 Å². The lowest BCUT2D eigenvalue weighted by molar-refractivity contribution is -0.142. The number of likely N-dealkylation sites (N-methyl/N-ethyl adjacent to an activating group) is 1. The summed E-state index contributed by atoms with van der Waals surface area (Å²) in [6, 6.07) is 0. The zero-order valence-corrected chi connectivity index (χ0v) is 16.0. The fourth-order valence-corrected chi connectivity index (χ4v) is 2.27. The summed E-state index contributed by atoms with van der Waals surface area (Å²) in [7, 11) is 3.08. The molecular formula is C16H27F3N6O. The summed E-state index contributed by atoms with van der Waals surface area (Å²) >= 11 is 0. The Balaban J connectivity index is 2.91. The first-order valence-corrected chi connectivity index (χ1v) is 8.23. The highest BCUT2D eigenvalue weighted by atomic mass is 19.4. The monoisotopic (exact) mass is 376 g/mol. The lowest BCUT2D eigenvalue weighted by Gasteiger charge is -2.25. The number of amides is 1. The number of alkyl halides is 3. The van der Waals surface area contributed by atoms with Crippen molar-refractivity contribution in [3.63, 3.8) is 0 Å². The predicted octanol–water partition coefficient (Wildman–Crippen LogP) is 1.75. The van der Waals surface area contributed by atoms with Crippen LogP contribution in [0.4, 0.5) is 13.2 Å². The van der Waals surface area contributed by atoms with Gasteiger partial charge in [-0.1, -0.05) is 0 Å². The van der Waals surface area contributed by atoms with E-state index in [-0.39, 0.29) is 30.1 Å². The molecule has 0 radical (unpaired) electrons. The minimum absolute atomic E-state index is 0.0250. The van der Waals surface area contributed by atoms with E-state index in [1.54, 1.807) is 11.9 Å². The SMILES string of the molecule is CCNC(=NCc1cn(C)nc1C(F)(F)F)N(C)CC(=O)NC(C)(C)C. The van der Waals surface area contributed by atoms with Crippen LogP contribution in [-0.2, 0) is 24.6 Å². The molecule has 26 heavy (non-hydrogen) atoms. The average Bonchev–Trinajstić information content (AvgIpc) is 2.82. The van der Waals surface area contributed by atoms with E-state index in [1.165, 1.54) is 13.2 Å². The zero-order chi connectivity index (χ0) is 20.1. The van der Waals surface area contributed by atoms with Crippen LogP contribution in [0.1, 0.15) is 39.0 Å².